The van der Waals surface area contributed by atoms with Crippen LogP contribution in [0.25, 0.3) is 0 Å². The number of hydrogen-bond donors (Lipinski definition) is 5. The fourth-order valence-corrected chi connectivity index (χ4v) is 3.95. The van der Waals surface area contributed by atoms with E-state index in [4.69, 9.17) is 32.7 Å². The lowest BCUT2D eigenvalue weighted by atomic mass is 9.78. The monoisotopic (exact) mass is 525 g/mol. The van der Waals surface area contributed by atoms with Gasteiger partial charge in [-0.3, -0.25) is 0 Å². The van der Waals surface area contributed by atoms with Crippen molar-refractivity contribution in [2.24, 2.45) is 0 Å². The minimum absolute atomic E-state index is 0.0766. The quantitative estimate of drug-likeness (QED) is 0.269. The zero-order chi connectivity index (χ0) is 25.4. The Balaban J connectivity index is 1.58. The van der Waals surface area contributed by atoms with Crippen LogP contribution in [0.5, 0.6) is 11.5 Å². The third-order valence-corrected chi connectivity index (χ3v) is 6.48. The third kappa shape index (κ3) is 7.39. The zero-order valence-electron chi connectivity index (χ0n) is 19.9. The Morgan fingerprint density at radius 1 is 1.03 bits per heavy atom. The Labute approximate surface area is 216 Å². The van der Waals surface area contributed by atoms with E-state index in [1.165, 1.54) is 0 Å². The molecule has 5 N–H and O–H groups in total. The molecule has 2 aromatic rings. The number of ether oxygens (including phenoxy) is 2. The maximum Gasteiger partial charge on any atom is 0.138 e. The Morgan fingerprint density at radius 3 is 2.37 bits per heavy atom. The largest absolute Gasteiger partial charge is 0.491 e. The minimum Gasteiger partial charge on any atom is -0.491 e. The van der Waals surface area contributed by atoms with Gasteiger partial charge in [-0.25, -0.2) is 5.43 Å². The highest BCUT2D eigenvalue weighted by Gasteiger charge is 2.24. The molecule has 192 valence electrons. The summed E-state index contributed by atoms with van der Waals surface area (Å²) in [7, 11) is 0. The number of aliphatic hydroxyl groups excluding tert-OH is 3. The van der Waals surface area contributed by atoms with Gasteiger partial charge in [-0.05, 0) is 35.4 Å². The van der Waals surface area contributed by atoms with E-state index >= 15 is 0 Å². The highest BCUT2D eigenvalue weighted by atomic mass is 35.5. The minimum atomic E-state index is -0.751. The van der Waals surface area contributed by atoms with Gasteiger partial charge in [-0.1, -0.05) is 43.6 Å². The second-order valence-corrected chi connectivity index (χ2v) is 9.54. The van der Waals surface area contributed by atoms with Crippen LogP contribution in [0.2, 0.25) is 5.02 Å². The molecule has 0 amide bonds. The Bertz CT molecular complexity index is 988. The molecule has 1 aliphatic rings. The summed E-state index contributed by atoms with van der Waals surface area (Å²) in [5.41, 5.74) is 5.44. The number of β-amino-alcohol motifs (C(OH)–C–C–N with tert-alkyl or cyclic N) is 1. The molecule has 2 atom stereocenters. The highest BCUT2D eigenvalue weighted by Crippen LogP contribution is 2.36. The van der Waals surface area contributed by atoms with Crippen LogP contribution in [0.4, 0.5) is 0 Å². The van der Waals surface area contributed by atoms with Gasteiger partial charge in [0.2, 0.25) is 0 Å². The van der Waals surface area contributed by atoms with Gasteiger partial charge in [0.15, 0.2) is 0 Å². The van der Waals surface area contributed by atoms with Gasteiger partial charge in [-0.15, -0.1) is 11.6 Å². The van der Waals surface area contributed by atoms with Gasteiger partial charge in [-0.2, -0.15) is 0 Å². The number of rotatable bonds is 12. The normalized spacial score (nSPS) is 15.7. The average molecular weight is 526 g/mol. The molecule has 0 unspecified atom stereocenters. The molecule has 0 saturated heterocycles. The smallest absolute Gasteiger partial charge is 0.138 e. The third-order valence-electron chi connectivity index (χ3n) is 5.82. The second kappa shape index (κ2) is 12.7. The van der Waals surface area contributed by atoms with Crippen LogP contribution in [0, 0.1) is 0 Å². The molecule has 3 rings (SSSR count). The van der Waals surface area contributed by atoms with Crippen LogP contribution < -0.4 is 20.2 Å². The van der Waals surface area contributed by atoms with Gasteiger partial charge >= 0.3 is 0 Å². The lowest BCUT2D eigenvalue weighted by molar-refractivity contribution is 0.0536. The van der Waals surface area contributed by atoms with Crippen molar-refractivity contribution in [3.05, 3.63) is 70.5 Å². The van der Waals surface area contributed by atoms with Crippen molar-refractivity contribution < 1.29 is 24.8 Å². The van der Waals surface area contributed by atoms with Crippen molar-refractivity contribution in [1.29, 1.82) is 0 Å². The Kier molecular flexibility index (Phi) is 9.91. The fourth-order valence-electron chi connectivity index (χ4n) is 3.63. The first-order valence-electron chi connectivity index (χ1n) is 11.4. The van der Waals surface area contributed by atoms with Crippen LogP contribution >= 0.6 is 23.2 Å². The first-order chi connectivity index (χ1) is 16.7. The van der Waals surface area contributed by atoms with E-state index in [2.05, 4.69) is 24.6 Å². The van der Waals surface area contributed by atoms with Crippen LogP contribution in [0.15, 0.2) is 54.4 Å². The zero-order valence-corrected chi connectivity index (χ0v) is 21.4. The molecule has 0 bridgehead atoms. The molecule has 2 aromatic carbocycles. The van der Waals surface area contributed by atoms with E-state index in [9.17, 15) is 15.3 Å². The number of nitrogens with one attached hydrogen (secondary N) is 2. The van der Waals surface area contributed by atoms with Gasteiger partial charge < -0.3 is 35.1 Å². The molecule has 0 fully saturated rings. The summed E-state index contributed by atoms with van der Waals surface area (Å²) >= 11 is 12.0. The number of hydrogen-bond acceptors (Lipinski definition) is 8. The molecule has 0 saturated carbocycles. The molecule has 0 aromatic heterocycles. The molecule has 8 nitrogen and oxygen atoms in total. The lowest BCUT2D eigenvalue weighted by Gasteiger charge is -2.32. The van der Waals surface area contributed by atoms with Gasteiger partial charge in [0.1, 0.15) is 36.9 Å². The van der Waals surface area contributed by atoms with Crippen LogP contribution in [0.3, 0.4) is 0 Å². The first-order valence-corrected chi connectivity index (χ1v) is 12.3. The van der Waals surface area contributed by atoms with Crippen molar-refractivity contribution in [2.45, 2.75) is 31.5 Å². The van der Waals surface area contributed by atoms with Crippen LogP contribution in [0.1, 0.15) is 25.0 Å². The molecule has 10 heteroatoms. The summed E-state index contributed by atoms with van der Waals surface area (Å²) in [5, 5.41) is 34.5. The number of alkyl halides is 1. The molecule has 35 heavy (non-hydrogen) atoms. The average Bonchev–Trinajstić information content (AvgIpc) is 2.87. The molecule has 1 aliphatic heterocycles. The Morgan fingerprint density at radius 2 is 1.71 bits per heavy atom. The lowest BCUT2D eigenvalue weighted by Crippen LogP contribution is -2.50. The second-order valence-electron chi connectivity index (χ2n) is 8.82. The number of benzene rings is 2. The van der Waals surface area contributed by atoms with E-state index in [1.807, 2.05) is 36.4 Å². The van der Waals surface area contributed by atoms with E-state index < -0.39 is 12.2 Å². The van der Waals surface area contributed by atoms with E-state index in [1.54, 1.807) is 17.3 Å². The molecule has 0 spiro atoms. The van der Waals surface area contributed by atoms with Crippen LogP contribution in [-0.4, -0.2) is 71.5 Å². The highest BCUT2D eigenvalue weighted by molar-refractivity contribution is 6.32. The van der Waals surface area contributed by atoms with Gasteiger partial charge in [0.25, 0.3) is 0 Å². The maximum absolute atomic E-state index is 10.4. The number of hydrazine groups is 1. The number of aliphatic hydroxyl groups is 3. The molecular weight excluding hydrogens is 493 g/mol. The summed E-state index contributed by atoms with van der Waals surface area (Å²) in [4.78, 5) is 0. The van der Waals surface area contributed by atoms with E-state index in [-0.39, 0.29) is 37.7 Å². The molecule has 0 aliphatic carbocycles. The maximum atomic E-state index is 10.4. The number of nitrogens with zero attached hydrogens (tertiary/aromatic N) is 1. The Hall–Kier alpha value is -2.20. The molecule has 1 heterocycles. The van der Waals surface area contributed by atoms with Crippen molar-refractivity contribution in [3.63, 3.8) is 0 Å². The number of halogens is 2. The predicted molar refractivity (Wildman–Crippen MR) is 137 cm³/mol. The summed E-state index contributed by atoms with van der Waals surface area (Å²) in [6.07, 6.45) is 0.212. The standard InChI is InChI=1S/C25H33Cl2N3O5/c1-25(2,18-5-8-24(23(27)9-18)35-14-20(32)10-26)17-3-6-22(7-4-17)34-15-21(33)12-30-19(13-31)11-28-16-29-30/h3-9,11,20-21,28-29,31-33H,10,12-16H2,1-2H3/t20-,21-/m1/s1. The van der Waals surface area contributed by atoms with Crippen molar-refractivity contribution in [3.8, 4) is 11.5 Å². The predicted octanol–water partition coefficient (Wildman–Crippen LogP) is 2.59. The van der Waals surface area contributed by atoms with E-state index in [0.717, 1.165) is 11.1 Å². The van der Waals surface area contributed by atoms with Crippen molar-refractivity contribution >= 4 is 23.2 Å². The van der Waals surface area contributed by atoms with Crippen molar-refractivity contribution in [2.75, 3.05) is 38.9 Å². The summed E-state index contributed by atoms with van der Waals surface area (Å²) < 4.78 is 11.3. The van der Waals surface area contributed by atoms with Crippen LogP contribution in [-0.2, 0) is 5.41 Å². The van der Waals surface area contributed by atoms with Crippen molar-refractivity contribution in [1.82, 2.24) is 15.8 Å². The SMILES string of the molecule is CC(C)(c1ccc(OC[C@H](O)CN2NCNC=C2CO)cc1)c1ccc(OC[C@H](O)CCl)c(Cl)c1. The first kappa shape index (κ1) is 27.4. The summed E-state index contributed by atoms with van der Waals surface area (Å²) in [5.74, 6) is 1.24. The van der Waals surface area contributed by atoms with E-state index in [0.29, 0.717) is 28.9 Å². The molecular formula is C25H33Cl2N3O5. The van der Waals surface area contributed by atoms with Gasteiger partial charge in [0, 0.05) is 11.6 Å². The topological polar surface area (TPSA) is 106 Å². The molecule has 0 radical (unpaired) electrons. The fraction of sp³-hybridized carbons (Fsp3) is 0.440. The summed E-state index contributed by atoms with van der Waals surface area (Å²) in [6, 6.07) is 13.3. The van der Waals surface area contributed by atoms with Gasteiger partial charge in [0.05, 0.1) is 36.4 Å². The summed E-state index contributed by atoms with van der Waals surface area (Å²) in [6.45, 7) is 5.06.